The van der Waals surface area contributed by atoms with E-state index in [-0.39, 0.29) is 16.7 Å². The van der Waals surface area contributed by atoms with Gasteiger partial charge in [0.25, 0.3) is 0 Å². The molecule has 0 bridgehead atoms. The van der Waals surface area contributed by atoms with Crippen molar-refractivity contribution >= 4 is 18.7 Å². The lowest BCUT2D eigenvalue weighted by Crippen LogP contribution is -2.14. The average Bonchev–Trinajstić information content (AvgIpc) is 2.81. The Labute approximate surface area is 118 Å². The van der Waals surface area contributed by atoms with Gasteiger partial charge in [0.1, 0.15) is 5.75 Å². The Morgan fingerprint density at radius 2 is 2.37 bits per heavy atom. The van der Waals surface area contributed by atoms with E-state index in [4.69, 9.17) is 16.6 Å². The van der Waals surface area contributed by atoms with E-state index in [9.17, 15) is 4.57 Å². The molecule has 7 heteroatoms. The quantitative estimate of drug-likeness (QED) is 0.730. The fraction of sp³-hybridized carbons (Fsp3) is 0.333. The highest BCUT2D eigenvalue weighted by atomic mass is 31.2. The molecular formula is C12H17N2O4P. The highest BCUT2D eigenvalue weighted by Gasteiger charge is 2.19. The molecule has 19 heavy (non-hydrogen) atoms. The van der Waals surface area contributed by atoms with Crippen LogP contribution in [0.2, 0.25) is 0 Å². The number of benzene rings is 1. The van der Waals surface area contributed by atoms with Crippen LogP contribution < -0.4 is 4.52 Å². The molecule has 6 nitrogen and oxygen atoms in total. The summed E-state index contributed by atoms with van der Waals surface area (Å²) in [6, 6.07) is 4.40. The van der Waals surface area contributed by atoms with Gasteiger partial charge < -0.3 is 14.4 Å². The van der Waals surface area contributed by atoms with Crippen LogP contribution >= 0.6 is 7.82 Å². The highest BCUT2D eigenvalue weighted by molar-refractivity contribution is 7.46. The predicted octanol–water partition coefficient (Wildman–Crippen LogP) is 1.74. The third-order valence-electron chi connectivity index (χ3n) is 2.39. The van der Waals surface area contributed by atoms with Crippen LogP contribution in [0.4, 0.5) is 0 Å². The zero-order valence-corrected chi connectivity index (χ0v) is 11.0. The number of rotatable bonds is 5. The maximum absolute atomic E-state index is 11.1. The Kier molecular flexibility index (Phi) is 2.47. The van der Waals surface area contributed by atoms with E-state index in [1.54, 1.807) is 6.07 Å². The summed E-state index contributed by atoms with van der Waals surface area (Å²) < 4.78 is 54.1. The van der Waals surface area contributed by atoms with Gasteiger partial charge in [-0.2, -0.15) is 0 Å². The number of aromatic nitrogens is 1. The summed E-state index contributed by atoms with van der Waals surface area (Å²) in [5.41, 5.74) is 0.467. The molecule has 0 saturated heterocycles. The first-order valence-corrected chi connectivity index (χ1v) is 6.91. The molecular weight excluding hydrogens is 267 g/mol. The molecule has 1 aromatic heterocycles. The standard InChI is InChI=1S/C12H17N2O4P/c1-14(2)7-6-9-8-13-10-4-3-5-11(12(9)10)18-19(15,16)17/h3-5,8,13H,6-7H2,1-2H3,(H2,15,16,17)/i1D3,6D2. The Morgan fingerprint density at radius 1 is 1.58 bits per heavy atom. The first-order chi connectivity index (χ1) is 10.8. The van der Waals surface area contributed by atoms with Crippen molar-refractivity contribution in [2.75, 3.05) is 20.6 Å². The van der Waals surface area contributed by atoms with E-state index in [2.05, 4.69) is 9.51 Å². The van der Waals surface area contributed by atoms with E-state index >= 15 is 0 Å². The van der Waals surface area contributed by atoms with Crippen LogP contribution in [-0.2, 0) is 10.9 Å². The van der Waals surface area contributed by atoms with Gasteiger partial charge in [-0.15, -0.1) is 0 Å². The maximum atomic E-state index is 11.1. The third kappa shape index (κ3) is 3.58. The second kappa shape index (κ2) is 5.35. The van der Waals surface area contributed by atoms with Crippen molar-refractivity contribution in [1.82, 2.24) is 9.88 Å². The molecule has 0 aliphatic heterocycles. The van der Waals surface area contributed by atoms with Crippen molar-refractivity contribution in [3.8, 4) is 5.75 Å². The van der Waals surface area contributed by atoms with Crippen LogP contribution in [0, 0.1) is 0 Å². The van der Waals surface area contributed by atoms with Crippen LogP contribution in [0.15, 0.2) is 24.4 Å². The topological polar surface area (TPSA) is 85.8 Å². The minimum absolute atomic E-state index is 0.0534. The monoisotopic (exact) mass is 289 g/mol. The van der Waals surface area contributed by atoms with E-state index in [0.29, 0.717) is 5.52 Å². The molecule has 1 aromatic carbocycles. The maximum Gasteiger partial charge on any atom is 0.524 e. The van der Waals surface area contributed by atoms with Gasteiger partial charge in [0.2, 0.25) is 0 Å². The van der Waals surface area contributed by atoms with Gasteiger partial charge in [-0.25, -0.2) is 4.57 Å². The molecule has 0 amide bonds. The van der Waals surface area contributed by atoms with Crippen molar-refractivity contribution in [2.45, 2.75) is 6.37 Å². The normalized spacial score (nSPS) is 17.6. The van der Waals surface area contributed by atoms with Crippen molar-refractivity contribution in [1.29, 1.82) is 0 Å². The molecule has 0 unspecified atom stereocenters. The summed E-state index contributed by atoms with van der Waals surface area (Å²) in [7, 11) is -3.56. The smallest absolute Gasteiger partial charge is 0.404 e. The van der Waals surface area contributed by atoms with Crippen molar-refractivity contribution in [3.05, 3.63) is 30.0 Å². The van der Waals surface area contributed by atoms with Gasteiger partial charge >= 0.3 is 7.82 Å². The summed E-state index contributed by atoms with van der Waals surface area (Å²) >= 11 is 0. The van der Waals surface area contributed by atoms with Gasteiger partial charge in [-0.05, 0) is 38.1 Å². The average molecular weight is 289 g/mol. The molecule has 2 aromatic rings. The molecule has 0 fully saturated rings. The summed E-state index contributed by atoms with van der Waals surface area (Å²) in [5.74, 6) is -0.183. The molecule has 0 aliphatic carbocycles. The number of nitrogens with zero attached hydrogens (tertiary/aromatic N) is 1. The Hall–Kier alpha value is -1.33. The lowest BCUT2D eigenvalue weighted by Gasteiger charge is -2.11. The Balaban J connectivity index is 2.50. The lowest BCUT2D eigenvalue weighted by atomic mass is 10.1. The molecule has 0 radical (unpaired) electrons. The number of aromatic amines is 1. The van der Waals surface area contributed by atoms with Gasteiger partial charge in [-0.3, -0.25) is 9.79 Å². The molecule has 3 N–H and O–H groups in total. The third-order valence-corrected chi connectivity index (χ3v) is 2.83. The first-order valence-electron chi connectivity index (χ1n) is 7.88. The summed E-state index contributed by atoms with van der Waals surface area (Å²) in [5, 5.41) is 0.157. The minimum Gasteiger partial charge on any atom is -0.404 e. The summed E-state index contributed by atoms with van der Waals surface area (Å²) in [4.78, 5) is 21.7. The van der Waals surface area contributed by atoms with Crippen LogP contribution in [0.5, 0.6) is 5.75 Å². The molecule has 1 heterocycles. The molecule has 0 saturated carbocycles. The van der Waals surface area contributed by atoms with Crippen molar-refractivity contribution in [2.24, 2.45) is 0 Å². The number of hydrogen-bond donors (Lipinski definition) is 3. The van der Waals surface area contributed by atoms with E-state index < -0.39 is 27.7 Å². The van der Waals surface area contributed by atoms with E-state index in [1.165, 1.54) is 25.4 Å². The van der Waals surface area contributed by atoms with Gasteiger partial charge in [-0.1, -0.05) is 6.07 Å². The predicted molar refractivity (Wildman–Crippen MR) is 73.2 cm³/mol. The van der Waals surface area contributed by atoms with Gasteiger partial charge in [0, 0.05) is 30.5 Å². The van der Waals surface area contributed by atoms with E-state index in [1.807, 2.05) is 0 Å². The van der Waals surface area contributed by atoms with Crippen LogP contribution in [-0.4, -0.2) is 40.2 Å². The van der Waals surface area contributed by atoms with Crippen molar-refractivity contribution < 1.29 is 25.7 Å². The van der Waals surface area contributed by atoms with Gasteiger partial charge in [0.05, 0.1) is 0 Å². The molecule has 0 spiro atoms. The second-order valence-electron chi connectivity index (χ2n) is 4.00. The summed E-state index contributed by atoms with van der Waals surface area (Å²) in [6.07, 6.45) is -0.764. The number of H-pyrrole nitrogens is 1. The number of fused-ring (bicyclic) bond motifs is 1. The Morgan fingerprint density at radius 3 is 3.05 bits per heavy atom. The van der Waals surface area contributed by atoms with Crippen LogP contribution in [0.25, 0.3) is 10.9 Å². The van der Waals surface area contributed by atoms with Crippen molar-refractivity contribution in [3.63, 3.8) is 0 Å². The number of phosphoric ester groups is 1. The number of hydrogen-bond acceptors (Lipinski definition) is 3. The molecule has 0 atom stereocenters. The SMILES string of the molecule is [2H]C([2H])(CN(C)C([2H])([2H])[2H])c1c[nH]c2cccc(OP(=O)(O)O)c12. The molecule has 104 valence electrons. The number of likely N-dealkylation sites (N-methyl/N-ethyl adjacent to an activating group) is 1. The Bertz CT molecular complexity index is 785. The van der Waals surface area contributed by atoms with Crippen LogP contribution in [0.1, 0.15) is 12.4 Å². The fourth-order valence-electron chi connectivity index (χ4n) is 1.70. The molecule has 0 aliphatic rings. The zero-order valence-electron chi connectivity index (χ0n) is 15.1. The van der Waals surface area contributed by atoms with E-state index in [0.717, 1.165) is 4.90 Å². The van der Waals surface area contributed by atoms with Gasteiger partial charge in [0.15, 0.2) is 0 Å². The molecule has 2 rings (SSSR count). The minimum atomic E-state index is -4.83. The lowest BCUT2D eigenvalue weighted by molar-refractivity contribution is 0.284. The second-order valence-corrected chi connectivity index (χ2v) is 5.16. The number of phosphoric acid groups is 1. The largest absolute Gasteiger partial charge is 0.524 e. The highest BCUT2D eigenvalue weighted by Crippen LogP contribution is 2.41. The van der Waals surface area contributed by atoms with Crippen LogP contribution in [0.3, 0.4) is 0 Å². The zero-order chi connectivity index (χ0) is 18.3. The fourth-order valence-corrected chi connectivity index (χ4v) is 2.11. The number of nitrogens with one attached hydrogen (secondary N) is 1. The summed E-state index contributed by atoms with van der Waals surface area (Å²) in [6.45, 7) is -2.91. The first kappa shape index (κ1) is 8.76.